The van der Waals surface area contributed by atoms with Crippen LogP contribution in [0.2, 0.25) is 0 Å². The number of amides is 1. The topological polar surface area (TPSA) is 93.2 Å². The quantitative estimate of drug-likeness (QED) is 0.546. The van der Waals surface area contributed by atoms with Gasteiger partial charge in [0, 0.05) is 13.0 Å². The van der Waals surface area contributed by atoms with Crippen molar-refractivity contribution in [3.63, 3.8) is 0 Å². The minimum atomic E-state index is -0.727. The van der Waals surface area contributed by atoms with Gasteiger partial charge in [-0.15, -0.1) is 0 Å². The minimum absolute atomic E-state index is 0.444. The van der Waals surface area contributed by atoms with Gasteiger partial charge in [-0.1, -0.05) is 19.1 Å². The molecule has 0 aliphatic heterocycles. The Hall–Kier alpha value is -1.92. The number of hydrogen-bond acceptors (Lipinski definition) is 4. The lowest BCUT2D eigenvalue weighted by molar-refractivity contribution is -0.130. The van der Waals surface area contributed by atoms with Crippen LogP contribution in [0, 0.1) is 0 Å². The molecule has 1 atom stereocenters. The van der Waals surface area contributed by atoms with E-state index in [1.807, 2.05) is 24.3 Å². The normalized spacial score (nSPS) is 12.6. The number of carbonyl (C=O) groups is 1. The number of nitrogens with zero attached hydrogens (tertiary/aromatic N) is 2. The van der Waals surface area contributed by atoms with Crippen molar-refractivity contribution in [2.24, 2.45) is 5.73 Å². The molecule has 108 valence electrons. The van der Waals surface area contributed by atoms with Crippen molar-refractivity contribution in [3.05, 3.63) is 30.1 Å². The maximum absolute atomic E-state index is 11.2. The molecule has 6 heteroatoms. The van der Waals surface area contributed by atoms with Crippen LogP contribution in [0.5, 0.6) is 0 Å². The van der Waals surface area contributed by atoms with E-state index in [-0.39, 0.29) is 0 Å². The molecule has 0 aliphatic rings. The van der Waals surface area contributed by atoms with E-state index in [4.69, 9.17) is 10.9 Å². The van der Waals surface area contributed by atoms with Crippen LogP contribution in [0.25, 0.3) is 11.0 Å². The van der Waals surface area contributed by atoms with Crippen molar-refractivity contribution < 1.29 is 10.0 Å². The predicted molar refractivity (Wildman–Crippen MR) is 76.2 cm³/mol. The van der Waals surface area contributed by atoms with E-state index < -0.39 is 11.9 Å². The Bertz CT molecular complexity index is 594. The number of hydrogen-bond donors (Lipinski definition) is 3. The Kier molecular flexibility index (Phi) is 4.70. The summed E-state index contributed by atoms with van der Waals surface area (Å²) in [6.45, 7) is 3.00. The average Bonchev–Trinajstić information content (AvgIpc) is 2.82. The highest BCUT2D eigenvalue weighted by Gasteiger charge is 2.15. The van der Waals surface area contributed by atoms with Gasteiger partial charge in [0.15, 0.2) is 0 Å². The number of aryl methyl sites for hydroxylation is 2. The number of carbonyl (C=O) groups excluding carboxylic acids is 1. The van der Waals surface area contributed by atoms with Gasteiger partial charge in [0.1, 0.15) is 5.82 Å². The highest BCUT2D eigenvalue weighted by atomic mass is 16.5. The fourth-order valence-corrected chi connectivity index (χ4v) is 2.29. The molecule has 4 N–H and O–H groups in total. The van der Waals surface area contributed by atoms with Crippen molar-refractivity contribution >= 4 is 16.9 Å². The van der Waals surface area contributed by atoms with Crippen LogP contribution in [-0.2, 0) is 17.8 Å². The highest BCUT2D eigenvalue weighted by molar-refractivity contribution is 5.80. The number of para-hydroxylation sites is 2. The molecular weight excluding hydrogens is 256 g/mol. The fraction of sp³-hybridized carbons (Fsp3) is 0.429. The summed E-state index contributed by atoms with van der Waals surface area (Å²) in [6.07, 6.45) is 2.05. The maximum atomic E-state index is 11.2. The first-order valence-corrected chi connectivity index (χ1v) is 6.81. The molecule has 0 unspecified atom stereocenters. The van der Waals surface area contributed by atoms with Gasteiger partial charge in [0.05, 0.1) is 17.1 Å². The smallest absolute Gasteiger partial charge is 0.260 e. The number of benzene rings is 1. The molecule has 1 amide bonds. The lowest BCUT2D eigenvalue weighted by atomic mass is 10.1. The predicted octanol–water partition coefficient (Wildman–Crippen LogP) is 1.21. The molecule has 2 aromatic rings. The van der Waals surface area contributed by atoms with Crippen LogP contribution < -0.4 is 11.2 Å². The van der Waals surface area contributed by atoms with Gasteiger partial charge in [0.2, 0.25) is 0 Å². The zero-order chi connectivity index (χ0) is 14.5. The van der Waals surface area contributed by atoms with Crippen molar-refractivity contribution in [3.8, 4) is 0 Å². The summed E-state index contributed by atoms with van der Waals surface area (Å²) in [5.41, 5.74) is 9.32. The third-order valence-corrected chi connectivity index (χ3v) is 3.31. The number of fused-ring (bicyclic) bond motifs is 1. The molecule has 0 fully saturated rings. The third-order valence-electron chi connectivity index (χ3n) is 3.31. The summed E-state index contributed by atoms with van der Waals surface area (Å²) in [4.78, 5) is 15.8. The van der Waals surface area contributed by atoms with Gasteiger partial charge in [-0.05, 0) is 25.0 Å². The number of nitrogens with two attached hydrogens (primary N) is 1. The summed E-state index contributed by atoms with van der Waals surface area (Å²) in [5.74, 6) is 0.359. The molecule has 1 heterocycles. The van der Waals surface area contributed by atoms with Crippen molar-refractivity contribution in [1.29, 1.82) is 0 Å². The van der Waals surface area contributed by atoms with E-state index in [0.717, 1.165) is 29.8 Å². The first-order chi connectivity index (χ1) is 9.67. The molecule has 1 aromatic heterocycles. The van der Waals surface area contributed by atoms with Gasteiger partial charge in [-0.25, -0.2) is 10.5 Å². The number of rotatable bonds is 6. The molecule has 6 nitrogen and oxygen atoms in total. The largest absolute Gasteiger partial charge is 0.328 e. The lowest BCUT2D eigenvalue weighted by Gasteiger charge is -2.10. The zero-order valence-electron chi connectivity index (χ0n) is 11.5. The van der Waals surface area contributed by atoms with Gasteiger partial charge in [0.25, 0.3) is 5.91 Å². The molecule has 0 saturated heterocycles. The van der Waals surface area contributed by atoms with E-state index in [2.05, 4.69) is 16.5 Å². The average molecular weight is 276 g/mol. The lowest BCUT2D eigenvalue weighted by Crippen LogP contribution is -2.39. The van der Waals surface area contributed by atoms with Crippen molar-refractivity contribution in [2.75, 3.05) is 0 Å². The van der Waals surface area contributed by atoms with Crippen molar-refractivity contribution in [1.82, 2.24) is 15.0 Å². The van der Waals surface area contributed by atoms with Crippen LogP contribution in [0.4, 0.5) is 0 Å². The Labute approximate surface area is 117 Å². The first kappa shape index (κ1) is 14.5. The molecule has 0 spiro atoms. The number of nitrogens with one attached hydrogen (secondary N) is 1. The highest BCUT2D eigenvalue weighted by Crippen LogP contribution is 2.17. The van der Waals surface area contributed by atoms with Crippen LogP contribution >= 0.6 is 0 Å². The summed E-state index contributed by atoms with van der Waals surface area (Å²) in [6, 6.07) is 7.24. The van der Waals surface area contributed by atoms with Crippen LogP contribution in [0.1, 0.15) is 25.6 Å². The van der Waals surface area contributed by atoms with Crippen LogP contribution in [0.15, 0.2) is 24.3 Å². The molecule has 0 bridgehead atoms. The van der Waals surface area contributed by atoms with Gasteiger partial charge in [-0.2, -0.15) is 0 Å². The molecule has 0 saturated carbocycles. The van der Waals surface area contributed by atoms with E-state index in [9.17, 15) is 4.79 Å². The first-order valence-electron chi connectivity index (χ1n) is 6.81. The Morgan fingerprint density at radius 3 is 2.95 bits per heavy atom. The zero-order valence-corrected chi connectivity index (χ0v) is 11.5. The molecule has 0 aliphatic carbocycles. The third kappa shape index (κ3) is 2.97. The summed E-state index contributed by atoms with van der Waals surface area (Å²) in [7, 11) is 0. The van der Waals surface area contributed by atoms with E-state index >= 15 is 0 Å². The number of hydroxylamine groups is 1. The number of aromatic nitrogens is 2. The monoisotopic (exact) mass is 276 g/mol. The van der Waals surface area contributed by atoms with Gasteiger partial charge < -0.3 is 10.3 Å². The second kappa shape index (κ2) is 6.49. The summed E-state index contributed by atoms with van der Waals surface area (Å²) >= 11 is 0. The Morgan fingerprint density at radius 2 is 2.25 bits per heavy atom. The molecule has 20 heavy (non-hydrogen) atoms. The van der Waals surface area contributed by atoms with E-state index in [1.54, 1.807) is 5.48 Å². The molecular formula is C14H20N4O2. The molecule has 0 radical (unpaired) electrons. The second-order valence-electron chi connectivity index (χ2n) is 4.79. The standard InChI is InChI=1S/C14H20N4O2/c1-2-9-18-12-6-4-3-5-11(12)16-13(18)8-7-10(15)14(19)17-20/h3-6,10,20H,2,7-9,15H2,1H3,(H,17,19)/t10-/m0/s1. The van der Waals surface area contributed by atoms with E-state index in [0.29, 0.717) is 12.8 Å². The molecule has 2 rings (SSSR count). The van der Waals surface area contributed by atoms with Gasteiger partial charge in [-0.3, -0.25) is 10.0 Å². The van der Waals surface area contributed by atoms with E-state index in [1.165, 1.54) is 0 Å². The Balaban J connectivity index is 2.20. The maximum Gasteiger partial charge on any atom is 0.260 e. The second-order valence-corrected chi connectivity index (χ2v) is 4.79. The molecule has 1 aromatic carbocycles. The van der Waals surface area contributed by atoms with Crippen LogP contribution in [0.3, 0.4) is 0 Å². The van der Waals surface area contributed by atoms with Gasteiger partial charge >= 0.3 is 0 Å². The Morgan fingerprint density at radius 1 is 1.50 bits per heavy atom. The van der Waals surface area contributed by atoms with Crippen molar-refractivity contribution in [2.45, 2.75) is 38.8 Å². The minimum Gasteiger partial charge on any atom is -0.328 e. The summed E-state index contributed by atoms with van der Waals surface area (Å²) in [5, 5.41) is 8.56. The SMILES string of the molecule is CCCn1c(CC[C@H](N)C(=O)NO)nc2ccccc21. The van der Waals surface area contributed by atoms with Crippen LogP contribution in [-0.4, -0.2) is 26.7 Å². The summed E-state index contributed by atoms with van der Waals surface area (Å²) < 4.78 is 2.17. The fourth-order valence-electron chi connectivity index (χ4n) is 2.29. The number of imidazole rings is 1.